The summed E-state index contributed by atoms with van der Waals surface area (Å²) in [5.74, 6) is 1.29. The molecule has 1 N–H and O–H groups in total. The fourth-order valence-corrected chi connectivity index (χ4v) is 5.51. The number of anilines is 3. The second-order valence-electron chi connectivity index (χ2n) is 10.7. The maximum atomic E-state index is 10.5. The molecule has 3 aromatic carbocycles. The Hall–Kier alpha value is -4.69. The van der Waals surface area contributed by atoms with Gasteiger partial charge in [-0.2, -0.15) is 5.26 Å². The van der Waals surface area contributed by atoms with Gasteiger partial charge in [0.25, 0.3) is 0 Å². The molecule has 0 atom stereocenters. The number of para-hydroxylation sites is 2. The van der Waals surface area contributed by atoms with E-state index in [2.05, 4.69) is 93.3 Å². The molecular formula is C33H28N4O. The molecule has 0 saturated heterocycles. The van der Waals surface area contributed by atoms with Gasteiger partial charge in [0.05, 0.1) is 28.7 Å². The lowest BCUT2D eigenvalue weighted by Crippen LogP contribution is -2.31. The van der Waals surface area contributed by atoms with Crippen molar-refractivity contribution in [2.75, 3.05) is 4.90 Å². The molecule has 0 amide bonds. The number of pyridine rings is 2. The first kappa shape index (κ1) is 23.7. The molecule has 0 bridgehead atoms. The van der Waals surface area contributed by atoms with Crippen LogP contribution in [0.5, 0.6) is 5.75 Å². The summed E-state index contributed by atoms with van der Waals surface area (Å²) in [6, 6.07) is 28.3. The fourth-order valence-electron chi connectivity index (χ4n) is 5.51. The standard InChI is InChI=1S/C33H28N4O/c1-20(2)21-14-15-35-31(18-21)37-28-10-6-5-9-25(28)33(3,4)26-13-12-22(17-29(26)37)27-16-23(19-34)24-8-7-11-30(38)32(24)36-27/h5-18,20,38H,1-4H3. The van der Waals surface area contributed by atoms with Crippen molar-refractivity contribution in [2.45, 2.75) is 39.0 Å². The van der Waals surface area contributed by atoms with Crippen LogP contribution in [0.3, 0.4) is 0 Å². The number of rotatable bonds is 3. The van der Waals surface area contributed by atoms with E-state index >= 15 is 0 Å². The number of phenolic OH excluding ortho intramolecular Hbond substituents is 1. The van der Waals surface area contributed by atoms with Crippen LogP contribution in [0.4, 0.5) is 17.2 Å². The Kier molecular flexibility index (Phi) is 5.43. The number of nitriles is 1. The highest BCUT2D eigenvalue weighted by atomic mass is 16.3. The average molecular weight is 497 g/mol. The van der Waals surface area contributed by atoms with Crippen LogP contribution in [0.15, 0.2) is 85.1 Å². The number of fused-ring (bicyclic) bond motifs is 3. The third kappa shape index (κ3) is 3.61. The molecule has 0 aliphatic carbocycles. The molecule has 3 heterocycles. The highest BCUT2D eigenvalue weighted by Crippen LogP contribution is 2.52. The summed E-state index contributed by atoms with van der Waals surface area (Å²) in [6.45, 7) is 8.87. The molecule has 38 heavy (non-hydrogen) atoms. The van der Waals surface area contributed by atoms with Gasteiger partial charge in [-0.25, -0.2) is 9.97 Å². The van der Waals surface area contributed by atoms with Gasteiger partial charge in [-0.1, -0.05) is 70.2 Å². The molecule has 5 nitrogen and oxygen atoms in total. The molecule has 0 fully saturated rings. The summed E-state index contributed by atoms with van der Waals surface area (Å²) in [5, 5.41) is 21.0. The van der Waals surface area contributed by atoms with Gasteiger partial charge < -0.3 is 5.11 Å². The Morgan fingerprint density at radius 2 is 1.68 bits per heavy atom. The second kappa shape index (κ2) is 8.71. The van der Waals surface area contributed by atoms with Crippen LogP contribution in [0.25, 0.3) is 22.2 Å². The number of hydrogen-bond donors (Lipinski definition) is 1. The summed E-state index contributed by atoms with van der Waals surface area (Å²) in [6.07, 6.45) is 1.88. The fraction of sp³-hybridized carbons (Fsp3) is 0.182. The Balaban J connectivity index is 1.61. The van der Waals surface area contributed by atoms with Crippen LogP contribution in [-0.2, 0) is 5.41 Å². The van der Waals surface area contributed by atoms with E-state index in [1.165, 1.54) is 16.7 Å². The topological polar surface area (TPSA) is 73.0 Å². The predicted molar refractivity (Wildman–Crippen MR) is 152 cm³/mol. The van der Waals surface area contributed by atoms with Crippen LogP contribution in [0, 0.1) is 11.3 Å². The van der Waals surface area contributed by atoms with E-state index in [1.807, 2.05) is 12.3 Å². The zero-order chi connectivity index (χ0) is 26.6. The van der Waals surface area contributed by atoms with Crippen LogP contribution >= 0.6 is 0 Å². The summed E-state index contributed by atoms with van der Waals surface area (Å²) >= 11 is 0. The number of phenols is 1. The maximum absolute atomic E-state index is 10.5. The molecule has 186 valence electrons. The van der Waals surface area contributed by atoms with Crippen molar-refractivity contribution in [3.63, 3.8) is 0 Å². The Morgan fingerprint density at radius 3 is 2.47 bits per heavy atom. The number of aromatic hydroxyl groups is 1. The molecule has 2 aromatic heterocycles. The van der Waals surface area contributed by atoms with Crippen LogP contribution in [0.2, 0.25) is 0 Å². The van der Waals surface area contributed by atoms with Crippen molar-refractivity contribution in [3.05, 3.63) is 107 Å². The molecule has 0 saturated carbocycles. The third-order valence-electron chi connectivity index (χ3n) is 7.63. The quantitative estimate of drug-likeness (QED) is 0.273. The number of benzene rings is 3. The zero-order valence-corrected chi connectivity index (χ0v) is 21.9. The maximum Gasteiger partial charge on any atom is 0.141 e. The van der Waals surface area contributed by atoms with Gasteiger partial charge in [-0.15, -0.1) is 0 Å². The lowest BCUT2D eigenvalue weighted by Gasteiger charge is -2.41. The first-order chi connectivity index (χ1) is 18.3. The molecule has 0 radical (unpaired) electrons. The largest absolute Gasteiger partial charge is 0.506 e. The lowest BCUT2D eigenvalue weighted by molar-refractivity contribution is 0.480. The highest BCUT2D eigenvalue weighted by Gasteiger charge is 2.37. The van der Waals surface area contributed by atoms with E-state index in [1.54, 1.807) is 18.2 Å². The van der Waals surface area contributed by atoms with Gasteiger partial charge >= 0.3 is 0 Å². The summed E-state index contributed by atoms with van der Waals surface area (Å²) in [7, 11) is 0. The van der Waals surface area contributed by atoms with E-state index < -0.39 is 0 Å². The van der Waals surface area contributed by atoms with Crippen molar-refractivity contribution in [1.29, 1.82) is 5.26 Å². The monoisotopic (exact) mass is 496 g/mol. The Morgan fingerprint density at radius 1 is 0.895 bits per heavy atom. The van der Waals surface area contributed by atoms with Crippen molar-refractivity contribution in [2.24, 2.45) is 0 Å². The minimum absolute atomic E-state index is 0.0604. The zero-order valence-electron chi connectivity index (χ0n) is 21.9. The number of hydrogen-bond acceptors (Lipinski definition) is 5. The first-order valence-electron chi connectivity index (χ1n) is 12.8. The minimum atomic E-state index is -0.233. The lowest BCUT2D eigenvalue weighted by atomic mass is 9.73. The van der Waals surface area contributed by atoms with E-state index in [9.17, 15) is 10.4 Å². The third-order valence-corrected chi connectivity index (χ3v) is 7.63. The Labute approximate surface area is 222 Å². The van der Waals surface area contributed by atoms with Crippen LogP contribution in [-0.4, -0.2) is 15.1 Å². The predicted octanol–water partition coefficient (Wildman–Crippen LogP) is 8.11. The number of nitrogens with zero attached hydrogens (tertiary/aromatic N) is 4. The molecule has 0 unspecified atom stereocenters. The summed E-state index contributed by atoms with van der Waals surface area (Å²) in [4.78, 5) is 11.8. The molecule has 5 heteroatoms. The average Bonchev–Trinajstić information content (AvgIpc) is 2.93. The van der Waals surface area contributed by atoms with Gasteiger partial charge in [-0.05, 0) is 59.0 Å². The molecule has 5 aromatic rings. The van der Waals surface area contributed by atoms with Gasteiger partial charge in [0, 0.05) is 22.6 Å². The van der Waals surface area contributed by atoms with Crippen molar-refractivity contribution in [3.8, 4) is 23.1 Å². The normalized spacial score (nSPS) is 13.7. The van der Waals surface area contributed by atoms with Gasteiger partial charge in [-0.3, -0.25) is 4.90 Å². The van der Waals surface area contributed by atoms with Gasteiger partial charge in [0.1, 0.15) is 17.1 Å². The second-order valence-corrected chi connectivity index (χ2v) is 10.7. The molecular weight excluding hydrogens is 468 g/mol. The molecule has 6 rings (SSSR count). The molecule has 1 aliphatic heterocycles. The van der Waals surface area contributed by atoms with Gasteiger partial charge in [0.15, 0.2) is 0 Å². The van der Waals surface area contributed by atoms with E-state index in [0.29, 0.717) is 28.1 Å². The van der Waals surface area contributed by atoms with Crippen LogP contribution in [0.1, 0.15) is 55.9 Å². The van der Waals surface area contributed by atoms with E-state index in [-0.39, 0.29) is 11.2 Å². The highest BCUT2D eigenvalue weighted by molar-refractivity contribution is 5.92. The smallest absolute Gasteiger partial charge is 0.141 e. The van der Waals surface area contributed by atoms with Crippen molar-refractivity contribution >= 4 is 28.1 Å². The van der Waals surface area contributed by atoms with Crippen molar-refractivity contribution in [1.82, 2.24) is 9.97 Å². The first-order valence-corrected chi connectivity index (χ1v) is 12.8. The molecule has 1 aliphatic rings. The van der Waals surface area contributed by atoms with Crippen LogP contribution < -0.4 is 4.90 Å². The SMILES string of the molecule is CC(C)c1ccnc(N2c3ccccc3C(C)(C)c3ccc(-c4cc(C#N)c5cccc(O)c5n4)cc32)c1. The van der Waals surface area contributed by atoms with Crippen molar-refractivity contribution < 1.29 is 5.11 Å². The summed E-state index contributed by atoms with van der Waals surface area (Å²) in [5.41, 5.74) is 7.93. The Bertz CT molecular complexity index is 1760. The number of aromatic nitrogens is 2. The van der Waals surface area contributed by atoms with E-state index in [0.717, 1.165) is 22.8 Å². The van der Waals surface area contributed by atoms with E-state index in [4.69, 9.17) is 9.97 Å². The summed E-state index contributed by atoms with van der Waals surface area (Å²) < 4.78 is 0. The minimum Gasteiger partial charge on any atom is -0.506 e. The molecule has 0 spiro atoms. The van der Waals surface area contributed by atoms with Gasteiger partial charge in [0.2, 0.25) is 0 Å².